The smallest absolute Gasteiger partial charge is 0.167 e. The highest BCUT2D eigenvalue weighted by Crippen LogP contribution is 2.32. The van der Waals surface area contributed by atoms with Crippen molar-refractivity contribution in [3.8, 4) is 0 Å². The maximum Gasteiger partial charge on any atom is 0.167 e. The minimum Gasteiger partial charge on any atom is -0.394 e. The van der Waals surface area contributed by atoms with Crippen molar-refractivity contribution in [2.24, 2.45) is 0 Å². The predicted octanol–water partition coefficient (Wildman–Crippen LogP) is 0.613. The lowest BCUT2D eigenvalue weighted by Crippen LogP contribution is -2.33. The van der Waals surface area contributed by atoms with Crippen LogP contribution in [0.3, 0.4) is 0 Å². The highest BCUT2D eigenvalue weighted by atomic mass is 16.6. The zero-order valence-corrected chi connectivity index (χ0v) is 17.0. The lowest BCUT2D eigenvalue weighted by atomic mass is 9.93. The summed E-state index contributed by atoms with van der Waals surface area (Å²) >= 11 is 0. The monoisotopic (exact) mass is 427 g/mol. The number of nitrogens with zero attached hydrogens (tertiary/aromatic N) is 4. The van der Waals surface area contributed by atoms with Crippen molar-refractivity contribution in [3.05, 3.63) is 48.5 Å². The molecule has 0 radical (unpaired) electrons. The molecule has 0 saturated carbocycles. The van der Waals surface area contributed by atoms with Gasteiger partial charge < -0.3 is 25.4 Å². The van der Waals surface area contributed by atoms with Crippen LogP contribution in [0, 0.1) is 0 Å². The van der Waals surface area contributed by atoms with Gasteiger partial charge in [-0.15, -0.1) is 0 Å². The van der Waals surface area contributed by atoms with Crippen molar-refractivity contribution in [3.63, 3.8) is 0 Å². The van der Waals surface area contributed by atoms with E-state index in [4.69, 9.17) is 4.74 Å². The Morgan fingerprint density at radius 3 is 2.65 bits per heavy atom. The van der Waals surface area contributed by atoms with Gasteiger partial charge in [0.1, 0.15) is 30.4 Å². The summed E-state index contributed by atoms with van der Waals surface area (Å²) in [4.78, 5) is 25.4. The first kappa shape index (κ1) is 21.3. The Labute approximate surface area is 178 Å². The molecule has 0 amide bonds. The number of rotatable bonds is 8. The zero-order chi connectivity index (χ0) is 22.0. The van der Waals surface area contributed by atoms with Gasteiger partial charge in [0, 0.05) is 13.0 Å². The minimum atomic E-state index is -1.24. The third-order valence-corrected chi connectivity index (χ3v) is 5.56. The van der Waals surface area contributed by atoms with E-state index in [0.717, 1.165) is 5.56 Å². The number of imidazole rings is 1. The van der Waals surface area contributed by atoms with Crippen LogP contribution < -0.4 is 5.32 Å². The van der Waals surface area contributed by atoms with Crippen LogP contribution in [-0.4, -0.2) is 72.1 Å². The molecule has 2 aromatic heterocycles. The number of ketones is 1. The van der Waals surface area contributed by atoms with E-state index in [9.17, 15) is 20.1 Å². The van der Waals surface area contributed by atoms with E-state index in [2.05, 4.69) is 20.3 Å². The number of anilines is 1. The number of hydrogen-bond acceptors (Lipinski definition) is 9. The number of fused-ring (bicyclic) bond motifs is 1. The SMILES string of the molecule is CCC(=O)C(CNc1ncnc2c1ncn2C1O[C@H](CO)[C@@H](O)[C@H]1O)c1ccccc1. The summed E-state index contributed by atoms with van der Waals surface area (Å²) in [5.74, 6) is 0.222. The minimum absolute atomic E-state index is 0.112. The number of nitrogens with one attached hydrogen (secondary N) is 1. The van der Waals surface area contributed by atoms with Gasteiger partial charge in [-0.3, -0.25) is 9.36 Å². The molecule has 4 rings (SSSR count). The molecule has 1 fully saturated rings. The number of carbonyl (C=O) groups excluding carboxylic acids is 1. The predicted molar refractivity (Wildman–Crippen MR) is 111 cm³/mol. The molecule has 0 bridgehead atoms. The van der Waals surface area contributed by atoms with Crippen molar-refractivity contribution in [2.45, 2.75) is 43.8 Å². The second-order valence-corrected chi connectivity index (χ2v) is 7.44. The van der Waals surface area contributed by atoms with Gasteiger partial charge in [0.2, 0.25) is 0 Å². The van der Waals surface area contributed by atoms with Crippen molar-refractivity contribution in [1.29, 1.82) is 0 Å². The molecule has 3 aromatic rings. The number of ether oxygens (including phenoxy) is 1. The van der Waals surface area contributed by atoms with Gasteiger partial charge in [0.25, 0.3) is 0 Å². The van der Waals surface area contributed by atoms with Crippen LogP contribution >= 0.6 is 0 Å². The van der Waals surface area contributed by atoms with Crippen LogP contribution in [0.15, 0.2) is 43.0 Å². The quantitative estimate of drug-likeness (QED) is 0.407. The van der Waals surface area contributed by atoms with Crippen LogP contribution in [0.2, 0.25) is 0 Å². The average Bonchev–Trinajstić information content (AvgIpc) is 3.35. The van der Waals surface area contributed by atoms with Crippen LogP contribution in [0.1, 0.15) is 31.1 Å². The van der Waals surface area contributed by atoms with Crippen molar-refractivity contribution in [2.75, 3.05) is 18.5 Å². The third-order valence-electron chi connectivity index (χ3n) is 5.56. The van der Waals surface area contributed by atoms with Gasteiger partial charge in [-0.1, -0.05) is 37.3 Å². The molecule has 5 atom stereocenters. The van der Waals surface area contributed by atoms with Crippen molar-refractivity contribution < 1.29 is 24.9 Å². The second kappa shape index (κ2) is 9.06. The van der Waals surface area contributed by atoms with E-state index >= 15 is 0 Å². The van der Waals surface area contributed by atoms with Crippen LogP contribution in [0.25, 0.3) is 11.2 Å². The molecule has 1 aliphatic heterocycles. The second-order valence-electron chi connectivity index (χ2n) is 7.44. The Bertz CT molecular complexity index is 1040. The fraction of sp³-hybridized carbons (Fsp3) is 0.429. The molecule has 2 unspecified atom stereocenters. The number of aromatic nitrogens is 4. The summed E-state index contributed by atoms with van der Waals surface area (Å²) in [6.07, 6.45) is -1.10. The summed E-state index contributed by atoms with van der Waals surface area (Å²) in [6.45, 7) is 1.75. The molecule has 3 heterocycles. The number of Topliss-reactive ketones (excluding diaryl/α,β-unsaturated/α-hetero) is 1. The molecule has 1 aromatic carbocycles. The fourth-order valence-corrected chi connectivity index (χ4v) is 3.83. The van der Waals surface area contributed by atoms with Crippen LogP contribution in [-0.2, 0) is 9.53 Å². The molecule has 4 N–H and O–H groups in total. The molecular weight excluding hydrogens is 402 g/mol. The Morgan fingerprint density at radius 2 is 1.97 bits per heavy atom. The summed E-state index contributed by atoms with van der Waals surface area (Å²) < 4.78 is 7.07. The van der Waals surface area contributed by atoms with Gasteiger partial charge in [-0.25, -0.2) is 15.0 Å². The van der Waals surface area contributed by atoms with E-state index < -0.39 is 31.1 Å². The molecule has 31 heavy (non-hydrogen) atoms. The molecule has 164 valence electrons. The van der Waals surface area contributed by atoms with E-state index in [1.165, 1.54) is 17.2 Å². The zero-order valence-electron chi connectivity index (χ0n) is 17.0. The summed E-state index contributed by atoms with van der Waals surface area (Å²) in [6, 6.07) is 9.55. The highest BCUT2D eigenvalue weighted by Gasteiger charge is 2.44. The Morgan fingerprint density at radius 1 is 1.19 bits per heavy atom. The Hall–Kier alpha value is -2.92. The third kappa shape index (κ3) is 4.02. The van der Waals surface area contributed by atoms with E-state index in [1.807, 2.05) is 37.3 Å². The molecule has 10 heteroatoms. The molecule has 0 aliphatic carbocycles. The van der Waals surface area contributed by atoms with E-state index in [-0.39, 0.29) is 11.7 Å². The van der Waals surface area contributed by atoms with Gasteiger partial charge in [0.15, 0.2) is 23.2 Å². The number of benzene rings is 1. The lowest BCUT2D eigenvalue weighted by molar-refractivity contribution is -0.119. The molecule has 10 nitrogen and oxygen atoms in total. The highest BCUT2D eigenvalue weighted by molar-refractivity contribution is 5.87. The molecule has 1 aliphatic rings. The maximum atomic E-state index is 12.5. The van der Waals surface area contributed by atoms with Gasteiger partial charge in [-0.2, -0.15) is 0 Å². The normalized spacial score (nSPS) is 24.4. The number of hydrogen-bond donors (Lipinski definition) is 4. The van der Waals surface area contributed by atoms with Gasteiger partial charge in [0.05, 0.1) is 18.9 Å². The van der Waals surface area contributed by atoms with Crippen LogP contribution in [0.4, 0.5) is 5.82 Å². The Kier molecular flexibility index (Phi) is 6.23. The Balaban J connectivity index is 1.59. The first-order valence-corrected chi connectivity index (χ1v) is 10.2. The van der Waals surface area contributed by atoms with Crippen molar-refractivity contribution in [1.82, 2.24) is 19.5 Å². The fourth-order valence-electron chi connectivity index (χ4n) is 3.83. The maximum absolute atomic E-state index is 12.5. The van der Waals surface area contributed by atoms with Gasteiger partial charge in [-0.05, 0) is 5.56 Å². The number of aliphatic hydroxyl groups is 3. The van der Waals surface area contributed by atoms with Gasteiger partial charge >= 0.3 is 0 Å². The van der Waals surface area contributed by atoms with E-state index in [1.54, 1.807) is 0 Å². The summed E-state index contributed by atoms with van der Waals surface area (Å²) in [5.41, 5.74) is 1.76. The average molecular weight is 427 g/mol. The number of aliphatic hydroxyl groups excluding tert-OH is 3. The molecular formula is C21H25N5O5. The topological polar surface area (TPSA) is 143 Å². The lowest BCUT2D eigenvalue weighted by Gasteiger charge is -2.18. The largest absolute Gasteiger partial charge is 0.394 e. The van der Waals surface area contributed by atoms with Crippen molar-refractivity contribution >= 4 is 22.8 Å². The van der Waals surface area contributed by atoms with E-state index in [0.29, 0.717) is 29.9 Å². The summed E-state index contributed by atoms with van der Waals surface area (Å²) in [7, 11) is 0. The summed E-state index contributed by atoms with van der Waals surface area (Å²) in [5, 5.41) is 32.9. The first-order valence-electron chi connectivity index (χ1n) is 10.2. The molecule has 0 spiro atoms. The standard InChI is InChI=1S/C21H25N5O5/c1-2-14(28)13(12-6-4-3-5-7-12)8-22-19-16-20(24-10-23-19)26(11-25-16)21-18(30)17(29)15(9-27)31-21/h3-7,10-11,13,15,17-18,21,27,29-30H,2,8-9H2,1H3,(H,22,23,24)/t13?,15-,17-,18-,21?/m1/s1. The first-order chi connectivity index (χ1) is 15.0. The number of carbonyl (C=O) groups is 1. The molecule has 1 saturated heterocycles. The van der Waals surface area contributed by atoms with Crippen LogP contribution in [0.5, 0.6) is 0 Å².